The van der Waals surface area contributed by atoms with Crippen LogP contribution in [0.4, 0.5) is 5.69 Å². The zero-order valence-corrected chi connectivity index (χ0v) is 14.4. The zero-order chi connectivity index (χ0) is 17.1. The van der Waals surface area contributed by atoms with Crippen molar-refractivity contribution in [2.24, 2.45) is 4.99 Å². The Balaban J connectivity index is 1.96. The van der Waals surface area contributed by atoms with Gasteiger partial charge in [0, 0.05) is 18.9 Å². The van der Waals surface area contributed by atoms with Gasteiger partial charge < -0.3 is 5.11 Å². The number of amides is 1. The maximum atomic E-state index is 12.6. The van der Waals surface area contributed by atoms with Crippen molar-refractivity contribution in [3.05, 3.63) is 58.2 Å². The van der Waals surface area contributed by atoms with Crippen molar-refractivity contribution >= 4 is 46.2 Å². The molecule has 2 aromatic rings. The fourth-order valence-corrected chi connectivity index (χ4v) is 3.41. The van der Waals surface area contributed by atoms with E-state index < -0.39 is 0 Å². The SMILES string of the molecule is CCN1C(=O)/C(=C/c2cccc(O)c2)SC1=Nc1ccncc1Cl. The number of aliphatic imine (C=N–C) groups is 1. The highest BCUT2D eigenvalue weighted by Gasteiger charge is 2.32. The van der Waals surface area contributed by atoms with Crippen LogP contribution in [-0.4, -0.2) is 32.6 Å². The highest BCUT2D eigenvalue weighted by Crippen LogP contribution is 2.35. The van der Waals surface area contributed by atoms with Gasteiger partial charge in [-0.05, 0) is 48.5 Å². The molecule has 1 aliphatic heterocycles. The number of amidine groups is 1. The molecule has 0 unspecified atom stereocenters. The summed E-state index contributed by atoms with van der Waals surface area (Å²) in [5.74, 6) is 0.0411. The predicted octanol–water partition coefficient (Wildman–Crippen LogP) is 4.06. The van der Waals surface area contributed by atoms with E-state index in [1.54, 1.807) is 41.4 Å². The van der Waals surface area contributed by atoms with Crippen LogP contribution in [0.3, 0.4) is 0 Å². The van der Waals surface area contributed by atoms with Gasteiger partial charge in [-0.25, -0.2) is 4.99 Å². The number of nitrogens with zero attached hydrogens (tertiary/aromatic N) is 3. The lowest BCUT2D eigenvalue weighted by atomic mass is 10.2. The predicted molar refractivity (Wildman–Crippen MR) is 97.4 cm³/mol. The van der Waals surface area contributed by atoms with Crippen LogP contribution in [0.1, 0.15) is 12.5 Å². The number of carbonyl (C=O) groups excluding carboxylic acids is 1. The molecule has 0 radical (unpaired) electrons. The number of rotatable bonds is 3. The van der Waals surface area contributed by atoms with Crippen LogP contribution < -0.4 is 0 Å². The van der Waals surface area contributed by atoms with Crippen LogP contribution in [0.25, 0.3) is 6.08 Å². The lowest BCUT2D eigenvalue weighted by molar-refractivity contribution is -0.122. The second-order valence-corrected chi connectivity index (χ2v) is 6.39. The molecule has 1 saturated heterocycles. The summed E-state index contributed by atoms with van der Waals surface area (Å²) in [7, 11) is 0. The number of thioether (sulfide) groups is 1. The van der Waals surface area contributed by atoms with E-state index in [-0.39, 0.29) is 11.7 Å². The van der Waals surface area contributed by atoms with Crippen LogP contribution in [0.5, 0.6) is 5.75 Å². The maximum Gasteiger partial charge on any atom is 0.266 e. The van der Waals surface area contributed by atoms with Gasteiger partial charge in [0.15, 0.2) is 5.17 Å². The Morgan fingerprint density at radius 2 is 2.25 bits per heavy atom. The Kier molecular flexibility index (Phi) is 4.87. The Morgan fingerprint density at radius 1 is 1.42 bits per heavy atom. The first-order valence-electron chi connectivity index (χ1n) is 7.27. The van der Waals surface area contributed by atoms with Gasteiger partial charge in [0.2, 0.25) is 0 Å². The lowest BCUT2D eigenvalue weighted by Gasteiger charge is -2.12. The first-order chi connectivity index (χ1) is 11.6. The smallest absolute Gasteiger partial charge is 0.266 e. The van der Waals surface area contributed by atoms with E-state index in [9.17, 15) is 9.90 Å². The van der Waals surface area contributed by atoms with Crippen LogP contribution >= 0.6 is 23.4 Å². The number of halogens is 1. The molecular formula is C17H14ClN3O2S. The van der Waals surface area contributed by atoms with Crippen LogP contribution in [0.15, 0.2) is 52.6 Å². The number of aromatic nitrogens is 1. The number of benzene rings is 1. The van der Waals surface area contributed by atoms with Crippen LogP contribution in [-0.2, 0) is 4.79 Å². The van der Waals surface area contributed by atoms with Gasteiger partial charge >= 0.3 is 0 Å². The number of pyridine rings is 1. The highest BCUT2D eigenvalue weighted by atomic mass is 35.5. The van der Waals surface area contributed by atoms with Crippen molar-refractivity contribution in [3.63, 3.8) is 0 Å². The quantitative estimate of drug-likeness (QED) is 0.839. The minimum Gasteiger partial charge on any atom is -0.508 e. The molecule has 24 heavy (non-hydrogen) atoms. The van der Waals surface area contributed by atoms with Gasteiger partial charge in [0.25, 0.3) is 5.91 Å². The number of phenolic OH excluding ortho intramolecular Hbond substituents is 1. The third-order valence-corrected chi connectivity index (χ3v) is 4.64. The van der Waals surface area contributed by atoms with E-state index in [0.717, 1.165) is 5.56 Å². The van der Waals surface area contributed by atoms with Crippen LogP contribution in [0, 0.1) is 0 Å². The molecule has 0 aliphatic carbocycles. The maximum absolute atomic E-state index is 12.6. The summed E-state index contributed by atoms with van der Waals surface area (Å²) in [4.78, 5) is 23.1. The second-order valence-electron chi connectivity index (χ2n) is 4.98. The lowest BCUT2D eigenvalue weighted by Crippen LogP contribution is -2.28. The van der Waals surface area contributed by atoms with Crippen molar-refractivity contribution in [1.29, 1.82) is 0 Å². The van der Waals surface area contributed by atoms with Crippen molar-refractivity contribution in [2.75, 3.05) is 6.54 Å². The summed E-state index contributed by atoms with van der Waals surface area (Å²) in [5.41, 5.74) is 1.32. The molecule has 2 heterocycles. The summed E-state index contributed by atoms with van der Waals surface area (Å²) in [5, 5.41) is 10.6. The summed E-state index contributed by atoms with van der Waals surface area (Å²) in [6.07, 6.45) is 4.86. The minimum absolute atomic E-state index is 0.116. The number of carbonyl (C=O) groups is 1. The average Bonchev–Trinajstić information content (AvgIpc) is 2.85. The van der Waals surface area contributed by atoms with Crippen molar-refractivity contribution in [1.82, 2.24) is 9.88 Å². The highest BCUT2D eigenvalue weighted by molar-refractivity contribution is 8.18. The summed E-state index contributed by atoms with van der Waals surface area (Å²) in [6, 6.07) is 8.44. The van der Waals surface area contributed by atoms with E-state index in [1.807, 2.05) is 13.0 Å². The van der Waals surface area contributed by atoms with Crippen molar-refractivity contribution in [3.8, 4) is 5.75 Å². The largest absolute Gasteiger partial charge is 0.508 e. The second kappa shape index (κ2) is 7.07. The van der Waals surface area contributed by atoms with Gasteiger partial charge in [-0.2, -0.15) is 0 Å². The molecule has 1 amide bonds. The Bertz CT molecular complexity index is 851. The fourth-order valence-electron chi connectivity index (χ4n) is 2.20. The molecule has 1 aromatic heterocycles. The monoisotopic (exact) mass is 359 g/mol. The van der Waals surface area contributed by atoms with E-state index in [0.29, 0.717) is 27.3 Å². The van der Waals surface area contributed by atoms with Gasteiger partial charge in [-0.3, -0.25) is 14.7 Å². The van der Waals surface area contributed by atoms with Crippen molar-refractivity contribution in [2.45, 2.75) is 6.92 Å². The van der Waals surface area contributed by atoms with Crippen molar-refractivity contribution < 1.29 is 9.90 Å². The summed E-state index contributed by atoms with van der Waals surface area (Å²) >= 11 is 7.37. The molecule has 0 spiro atoms. The Hall–Kier alpha value is -2.31. The number of phenols is 1. The number of aromatic hydroxyl groups is 1. The molecule has 0 atom stereocenters. The minimum atomic E-state index is -0.116. The molecule has 1 aromatic carbocycles. The molecule has 1 aliphatic rings. The molecule has 7 heteroatoms. The van der Waals surface area contributed by atoms with E-state index in [4.69, 9.17) is 11.6 Å². The van der Waals surface area contributed by atoms with Gasteiger partial charge in [0.05, 0.1) is 15.6 Å². The van der Waals surface area contributed by atoms with E-state index in [2.05, 4.69) is 9.98 Å². The first kappa shape index (κ1) is 16.5. The van der Waals surface area contributed by atoms with Gasteiger partial charge in [-0.1, -0.05) is 23.7 Å². The average molecular weight is 360 g/mol. The Morgan fingerprint density at radius 3 is 2.96 bits per heavy atom. The third-order valence-electron chi connectivity index (χ3n) is 3.34. The first-order valence-corrected chi connectivity index (χ1v) is 8.46. The third kappa shape index (κ3) is 3.44. The summed E-state index contributed by atoms with van der Waals surface area (Å²) in [6.45, 7) is 2.39. The number of hydrogen-bond acceptors (Lipinski definition) is 5. The standard InChI is InChI=1S/C17H14ClN3O2S/c1-2-21-16(23)15(9-11-4-3-5-12(22)8-11)24-17(21)20-14-6-7-19-10-13(14)18/h3-10,22H,2H2,1H3/b15-9-,20-17?. The topological polar surface area (TPSA) is 65.8 Å². The fraction of sp³-hybridized carbons (Fsp3) is 0.118. The molecule has 1 N–H and O–H groups in total. The molecule has 1 fully saturated rings. The normalized spacial score (nSPS) is 17.9. The summed E-state index contributed by atoms with van der Waals surface area (Å²) < 4.78 is 0. The molecular weight excluding hydrogens is 346 g/mol. The molecule has 0 saturated carbocycles. The number of hydrogen-bond donors (Lipinski definition) is 1. The number of likely N-dealkylation sites (N-methyl/N-ethyl adjacent to an activating group) is 1. The molecule has 5 nitrogen and oxygen atoms in total. The van der Waals surface area contributed by atoms with Crippen LogP contribution in [0.2, 0.25) is 5.02 Å². The van der Waals surface area contributed by atoms with Gasteiger partial charge in [0.1, 0.15) is 5.75 Å². The molecule has 0 bridgehead atoms. The van der Waals surface area contributed by atoms with Gasteiger partial charge in [-0.15, -0.1) is 0 Å². The van der Waals surface area contributed by atoms with E-state index >= 15 is 0 Å². The molecule has 122 valence electrons. The molecule has 3 rings (SSSR count). The van der Waals surface area contributed by atoms with E-state index in [1.165, 1.54) is 18.0 Å². The Labute approximate surface area is 148 Å². The zero-order valence-electron chi connectivity index (χ0n) is 12.8.